The third-order valence-corrected chi connectivity index (χ3v) is 3.95. The van der Waals surface area contributed by atoms with Gasteiger partial charge in [-0.15, -0.1) is 0 Å². The van der Waals surface area contributed by atoms with E-state index in [2.05, 4.69) is 15.9 Å². The number of hydrogen-bond donors (Lipinski definition) is 1. The molecule has 0 amide bonds. The van der Waals surface area contributed by atoms with Crippen LogP contribution in [0.1, 0.15) is 33.1 Å². The number of Topliss-reactive ketones (excluding diaryl/α,β-unsaturated/α-hetero) is 1. The van der Waals surface area contributed by atoms with E-state index in [1.807, 2.05) is 6.08 Å². The van der Waals surface area contributed by atoms with Gasteiger partial charge in [0.25, 0.3) is 0 Å². The maximum absolute atomic E-state index is 12.0. The molecule has 0 saturated heterocycles. The number of carbonyl (C=O) groups is 2. The number of aldehydes is 1. The fourth-order valence-corrected chi connectivity index (χ4v) is 2.88. The van der Waals surface area contributed by atoms with Gasteiger partial charge in [0, 0.05) is 6.42 Å². The van der Waals surface area contributed by atoms with Gasteiger partial charge in [0.2, 0.25) is 0 Å². The van der Waals surface area contributed by atoms with Crippen LogP contribution in [0.4, 0.5) is 0 Å². The molecule has 0 fully saturated rings. The van der Waals surface area contributed by atoms with Crippen LogP contribution in [-0.2, 0) is 9.59 Å². The van der Waals surface area contributed by atoms with E-state index in [-0.39, 0.29) is 18.6 Å². The SMILES string of the molecule is CCC(=O)[C@](O)(CC)[C@]1(C=O)C=CC=C(Br)C1. The van der Waals surface area contributed by atoms with Gasteiger partial charge in [0.05, 0.1) is 5.41 Å². The normalized spacial score (nSPS) is 27.2. The molecule has 0 aliphatic heterocycles. The lowest BCUT2D eigenvalue weighted by Gasteiger charge is -2.41. The van der Waals surface area contributed by atoms with Crippen molar-refractivity contribution in [3.63, 3.8) is 0 Å². The highest BCUT2D eigenvalue weighted by Gasteiger charge is 2.52. The molecule has 0 spiro atoms. The summed E-state index contributed by atoms with van der Waals surface area (Å²) in [4.78, 5) is 23.4. The Bertz CT molecular complexity index is 386. The summed E-state index contributed by atoms with van der Waals surface area (Å²) in [5.74, 6) is -0.293. The van der Waals surface area contributed by atoms with Crippen LogP contribution in [0.25, 0.3) is 0 Å². The minimum Gasteiger partial charge on any atom is -0.381 e. The monoisotopic (exact) mass is 300 g/mol. The average Bonchev–Trinajstić information content (AvgIpc) is 2.36. The molecule has 0 bridgehead atoms. The van der Waals surface area contributed by atoms with Gasteiger partial charge >= 0.3 is 0 Å². The molecule has 1 aliphatic rings. The summed E-state index contributed by atoms with van der Waals surface area (Å²) in [5.41, 5.74) is -2.77. The number of aliphatic hydroxyl groups is 1. The van der Waals surface area contributed by atoms with E-state index in [1.54, 1.807) is 26.0 Å². The van der Waals surface area contributed by atoms with Gasteiger partial charge in [-0.2, -0.15) is 0 Å². The van der Waals surface area contributed by atoms with Crippen LogP contribution in [0.3, 0.4) is 0 Å². The minimum atomic E-state index is -1.62. The zero-order valence-electron chi connectivity index (χ0n) is 10.1. The zero-order chi connectivity index (χ0) is 13.1. The molecular weight excluding hydrogens is 284 g/mol. The molecule has 2 atom stereocenters. The Balaban J connectivity index is 3.25. The highest BCUT2D eigenvalue weighted by atomic mass is 79.9. The molecule has 1 aliphatic carbocycles. The largest absolute Gasteiger partial charge is 0.381 e. The topological polar surface area (TPSA) is 54.4 Å². The molecular formula is C13H17BrO3. The maximum atomic E-state index is 12.0. The first-order chi connectivity index (χ1) is 7.95. The molecule has 4 heteroatoms. The molecule has 0 aromatic rings. The van der Waals surface area contributed by atoms with Crippen molar-refractivity contribution in [2.24, 2.45) is 5.41 Å². The number of rotatable bonds is 5. The highest BCUT2D eigenvalue weighted by Crippen LogP contribution is 2.44. The first-order valence-electron chi connectivity index (χ1n) is 5.71. The van der Waals surface area contributed by atoms with Crippen molar-refractivity contribution < 1.29 is 14.7 Å². The quantitative estimate of drug-likeness (QED) is 0.794. The maximum Gasteiger partial charge on any atom is 0.165 e. The Morgan fingerprint density at radius 1 is 1.65 bits per heavy atom. The van der Waals surface area contributed by atoms with Crippen LogP contribution in [0.5, 0.6) is 0 Å². The number of carbonyl (C=O) groups excluding carboxylic acids is 2. The smallest absolute Gasteiger partial charge is 0.165 e. The fraction of sp³-hybridized carbons (Fsp3) is 0.538. The minimum absolute atomic E-state index is 0.217. The zero-order valence-corrected chi connectivity index (χ0v) is 11.7. The van der Waals surface area contributed by atoms with Crippen molar-refractivity contribution in [3.05, 3.63) is 22.7 Å². The Hall–Kier alpha value is -0.740. The summed E-state index contributed by atoms with van der Waals surface area (Å²) in [6.45, 7) is 3.41. The molecule has 3 nitrogen and oxygen atoms in total. The van der Waals surface area contributed by atoms with E-state index in [9.17, 15) is 14.7 Å². The summed E-state index contributed by atoms with van der Waals surface area (Å²) in [7, 11) is 0. The van der Waals surface area contributed by atoms with Crippen LogP contribution in [-0.4, -0.2) is 22.8 Å². The van der Waals surface area contributed by atoms with Crippen LogP contribution in [0.2, 0.25) is 0 Å². The molecule has 1 N–H and O–H groups in total. The van der Waals surface area contributed by atoms with E-state index in [1.165, 1.54) is 0 Å². The molecule has 94 valence electrons. The Morgan fingerprint density at radius 3 is 2.71 bits per heavy atom. The van der Waals surface area contributed by atoms with E-state index in [4.69, 9.17) is 0 Å². The molecule has 0 radical (unpaired) electrons. The summed E-state index contributed by atoms with van der Waals surface area (Å²) in [6.07, 6.45) is 6.59. The van der Waals surface area contributed by atoms with Gasteiger partial charge in [-0.25, -0.2) is 0 Å². The summed E-state index contributed by atoms with van der Waals surface area (Å²) in [5, 5.41) is 10.6. The second kappa shape index (κ2) is 5.27. The van der Waals surface area contributed by atoms with Crippen molar-refractivity contribution in [2.45, 2.75) is 38.7 Å². The number of ketones is 1. The van der Waals surface area contributed by atoms with E-state index < -0.39 is 11.0 Å². The molecule has 0 aromatic heterocycles. The van der Waals surface area contributed by atoms with Crippen molar-refractivity contribution >= 4 is 28.0 Å². The molecule has 0 heterocycles. The van der Waals surface area contributed by atoms with Gasteiger partial charge in [-0.3, -0.25) is 4.79 Å². The average molecular weight is 301 g/mol. The third-order valence-electron chi connectivity index (χ3n) is 3.41. The van der Waals surface area contributed by atoms with Crippen LogP contribution in [0, 0.1) is 5.41 Å². The van der Waals surface area contributed by atoms with Crippen molar-refractivity contribution in [1.82, 2.24) is 0 Å². The molecule has 0 unspecified atom stereocenters. The lowest BCUT2D eigenvalue weighted by molar-refractivity contribution is -0.154. The van der Waals surface area contributed by atoms with Crippen molar-refractivity contribution in [2.75, 3.05) is 0 Å². The van der Waals surface area contributed by atoms with Crippen LogP contribution in [0.15, 0.2) is 22.7 Å². The Kier molecular flexibility index (Phi) is 4.44. The third kappa shape index (κ3) is 2.29. The number of hydrogen-bond acceptors (Lipinski definition) is 3. The fourth-order valence-electron chi connectivity index (χ4n) is 2.26. The van der Waals surface area contributed by atoms with Gasteiger partial charge in [0.1, 0.15) is 11.9 Å². The number of allylic oxidation sites excluding steroid dienone is 3. The summed E-state index contributed by atoms with van der Waals surface area (Å²) < 4.78 is 0.808. The standard InChI is InChI=1S/C13H17BrO3/c1-3-11(16)13(17,4-2)12(9-15)7-5-6-10(14)8-12/h5-7,9,17H,3-4,8H2,1-2H3/t12-,13-/m1/s1. The predicted octanol–water partition coefficient (Wildman–Crippen LogP) is 2.53. The van der Waals surface area contributed by atoms with Gasteiger partial charge in [-0.1, -0.05) is 48.0 Å². The van der Waals surface area contributed by atoms with Gasteiger partial charge in [0.15, 0.2) is 5.78 Å². The van der Waals surface area contributed by atoms with Gasteiger partial charge < -0.3 is 9.90 Å². The summed E-state index contributed by atoms with van der Waals surface area (Å²) in [6, 6.07) is 0. The van der Waals surface area contributed by atoms with Crippen LogP contribution < -0.4 is 0 Å². The molecule has 0 saturated carbocycles. The highest BCUT2D eigenvalue weighted by molar-refractivity contribution is 9.11. The Labute approximate surface area is 110 Å². The lowest BCUT2D eigenvalue weighted by atomic mass is 9.65. The van der Waals surface area contributed by atoms with E-state index >= 15 is 0 Å². The first kappa shape index (κ1) is 14.3. The molecule has 17 heavy (non-hydrogen) atoms. The predicted molar refractivity (Wildman–Crippen MR) is 69.8 cm³/mol. The molecule has 1 rings (SSSR count). The van der Waals surface area contributed by atoms with E-state index in [0.29, 0.717) is 12.7 Å². The van der Waals surface area contributed by atoms with E-state index in [0.717, 1.165) is 4.48 Å². The second-order valence-corrected chi connectivity index (χ2v) is 5.32. The lowest BCUT2D eigenvalue weighted by Crippen LogP contribution is -2.54. The summed E-state index contributed by atoms with van der Waals surface area (Å²) >= 11 is 3.33. The molecule has 0 aromatic carbocycles. The Morgan fingerprint density at radius 2 is 2.29 bits per heavy atom. The van der Waals surface area contributed by atoms with Gasteiger partial charge in [-0.05, 0) is 17.3 Å². The first-order valence-corrected chi connectivity index (χ1v) is 6.51. The van der Waals surface area contributed by atoms with Crippen LogP contribution >= 0.6 is 15.9 Å². The van der Waals surface area contributed by atoms with Crippen molar-refractivity contribution in [3.8, 4) is 0 Å². The second-order valence-electron chi connectivity index (χ2n) is 4.30. The number of halogens is 1. The van der Waals surface area contributed by atoms with Crippen molar-refractivity contribution in [1.29, 1.82) is 0 Å².